The Bertz CT molecular complexity index is 836. The van der Waals surface area contributed by atoms with E-state index >= 15 is 0 Å². The summed E-state index contributed by atoms with van der Waals surface area (Å²) >= 11 is 3.48. The van der Waals surface area contributed by atoms with Crippen molar-refractivity contribution in [2.45, 2.75) is 6.92 Å². The van der Waals surface area contributed by atoms with Gasteiger partial charge in [0.25, 0.3) is 5.56 Å². The lowest BCUT2D eigenvalue weighted by molar-refractivity contribution is 1.17. The van der Waals surface area contributed by atoms with E-state index in [1.807, 2.05) is 25.1 Å². The molecule has 0 fully saturated rings. The van der Waals surface area contributed by atoms with Crippen LogP contribution in [0.2, 0.25) is 0 Å². The normalized spacial score (nSPS) is 11.1. The van der Waals surface area contributed by atoms with Crippen LogP contribution in [0.15, 0.2) is 27.5 Å². The molecule has 0 aliphatic carbocycles. The minimum Gasteiger partial charge on any atom is -0.369 e. The Morgan fingerprint density at radius 3 is 2.79 bits per heavy atom. The summed E-state index contributed by atoms with van der Waals surface area (Å²) in [6.07, 6.45) is 0. The van der Waals surface area contributed by atoms with Gasteiger partial charge >= 0.3 is 0 Å². The van der Waals surface area contributed by atoms with E-state index in [4.69, 9.17) is 5.73 Å². The van der Waals surface area contributed by atoms with Crippen molar-refractivity contribution in [2.24, 2.45) is 0 Å². The van der Waals surface area contributed by atoms with Crippen molar-refractivity contribution in [1.29, 1.82) is 0 Å². The second-order valence-corrected chi connectivity index (χ2v) is 5.07. The molecule has 7 heteroatoms. The number of nitrogens with two attached hydrogens (primary N) is 1. The molecule has 0 aliphatic heterocycles. The van der Waals surface area contributed by atoms with Gasteiger partial charge in [-0.15, -0.1) is 0 Å². The van der Waals surface area contributed by atoms with E-state index in [0.29, 0.717) is 17.0 Å². The zero-order valence-corrected chi connectivity index (χ0v) is 11.6. The summed E-state index contributed by atoms with van der Waals surface area (Å²) in [6.45, 7) is 2.00. The van der Waals surface area contributed by atoms with Crippen molar-refractivity contribution >= 4 is 33.0 Å². The van der Waals surface area contributed by atoms with Crippen LogP contribution in [0.3, 0.4) is 0 Å². The molecule has 0 bridgehead atoms. The quantitative estimate of drug-likeness (QED) is 0.638. The predicted octanol–water partition coefficient (Wildman–Crippen LogP) is 1.97. The van der Waals surface area contributed by atoms with Gasteiger partial charge in [-0.2, -0.15) is 4.98 Å². The zero-order valence-electron chi connectivity index (χ0n) is 9.99. The lowest BCUT2D eigenvalue weighted by Crippen LogP contribution is -2.10. The highest BCUT2D eigenvalue weighted by molar-refractivity contribution is 9.10. The molecule has 4 N–H and O–H groups in total. The maximum Gasteiger partial charge on any atom is 0.278 e. The number of nitrogens with zero attached hydrogens (tertiary/aromatic N) is 2. The number of rotatable bonds is 1. The number of fused-ring (bicyclic) bond motifs is 1. The van der Waals surface area contributed by atoms with E-state index in [1.165, 1.54) is 0 Å². The van der Waals surface area contributed by atoms with E-state index in [2.05, 4.69) is 35.9 Å². The third-order valence-corrected chi connectivity index (χ3v) is 3.42. The Morgan fingerprint density at radius 2 is 2.05 bits per heavy atom. The van der Waals surface area contributed by atoms with Crippen LogP contribution in [-0.4, -0.2) is 19.9 Å². The number of anilines is 1. The first-order valence-corrected chi connectivity index (χ1v) is 6.36. The fraction of sp³-hybridized carbons (Fsp3) is 0.0833. The summed E-state index contributed by atoms with van der Waals surface area (Å²) in [6, 6.07) is 5.88. The lowest BCUT2D eigenvalue weighted by Gasteiger charge is -2.01. The molecule has 1 aromatic carbocycles. The van der Waals surface area contributed by atoms with Crippen molar-refractivity contribution < 1.29 is 0 Å². The Labute approximate surface area is 116 Å². The maximum absolute atomic E-state index is 11.7. The van der Waals surface area contributed by atoms with Crippen LogP contribution in [0.5, 0.6) is 0 Å². The average molecular weight is 320 g/mol. The maximum atomic E-state index is 11.7. The van der Waals surface area contributed by atoms with E-state index in [1.54, 1.807) is 0 Å². The van der Waals surface area contributed by atoms with Gasteiger partial charge < -0.3 is 10.7 Å². The first-order valence-electron chi connectivity index (χ1n) is 5.56. The Kier molecular flexibility index (Phi) is 2.63. The molecule has 0 unspecified atom stereocenters. The van der Waals surface area contributed by atoms with Gasteiger partial charge in [-0.25, -0.2) is 4.98 Å². The van der Waals surface area contributed by atoms with Gasteiger partial charge in [0.05, 0.1) is 0 Å². The molecule has 2 aromatic heterocycles. The Morgan fingerprint density at radius 1 is 1.26 bits per heavy atom. The number of H-pyrrole nitrogens is 2. The molecular weight excluding hydrogens is 310 g/mol. The molecule has 0 aliphatic rings. The number of aromatic nitrogens is 4. The fourth-order valence-electron chi connectivity index (χ4n) is 1.86. The fourth-order valence-corrected chi connectivity index (χ4v) is 2.54. The summed E-state index contributed by atoms with van der Waals surface area (Å²) in [7, 11) is 0. The third kappa shape index (κ3) is 2.01. The predicted molar refractivity (Wildman–Crippen MR) is 76.8 cm³/mol. The molecule has 96 valence electrons. The van der Waals surface area contributed by atoms with Gasteiger partial charge in [0.2, 0.25) is 5.95 Å². The summed E-state index contributed by atoms with van der Waals surface area (Å²) in [4.78, 5) is 25.4. The summed E-state index contributed by atoms with van der Waals surface area (Å²) in [5.74, 6) is 0.629. The second-order valence-electron chi connectivity index (χ2n) is 4.22. The first kappa shape index (κ1) is 11.9. The van der Waals surface area contributed by atoms with Gasteiger partial charge in [-0.1, -0.05) is 22.0 Å². The van der Waals surface area contributed by atoms with E-state index in [9.17, 15) is 4.79 Å². The number of nitrogen functional groups attached to an aromatic ring is 1. The van der Waals surface area contributed by atoms with Crippen LogP contribution in [0.1, 0.15) is 5.56 Å². The van der Waals surface area contributed by atoms with Gasteiger partial charge in [0.1, 0.15) is 5.82 Å². The van der Waals surface area contributed by atoms with Crippen LogP contribution in [-0.2, 0) is 0 Å². The average Bonchev–Trinajstić information content (AvgIpc) is 2.72. The van der Waals surface area contributed by atoms with Gasteiger partial charge in [-0.3, -0.25) is 9.78 Å². The van der Waals surface area contributed by atoms with E-state index in [0.717, 1.165) is 15.6 Å². The largest absolute Gasteiger partial charge is 0.369 e. The number of nitrogens with one attached hydrogen (secondary N) is 2. The number of benzene rings is 1. The van der Waals surface area contributed by atoms with Crippen molar-refractivity contribution in [1.82, 2.24) is 19.9 Å². The molecule has 0 saturated heterocycles. The topological polar surface area (TPSA) is 100 Å². The highest BCUT2D eigenvalue weighted by Crippen LogP contribution is 2.27. The standard InChI is InChI=1S/C12H10BrN5O/c1-5-2-3-6(7(13)4-5)9-15-8-10(16-9)17-12(14)18-11(8)19/h2-4H,1H3,(H4,14,15,16,17,18,19). The molecule has 0 atom stereocenters. The minimum atomic E-state index is -0.329. The van der Waals surface area contributed by atoms with Crippen molar-refractivity contribution in [3.63, 3.8) is 0 Å². The number of imidazole rings is 1. The smallest absolute Gasteiger partial charge is 0.278 e. The molecule has 19 heavy (non-hydrogen) atoms. The SMILES string of the molecule is Cc1ccc(-c2nc3nc(N)[nH]c(=O)c3[nH]2)c(Br)c1. The second kappa shape index (κ2) is 4.20. The monoisotopic (exact) mass is 319 g/mol. The number of halogens is 1. The van der Waals surface area contributed by atoms with Crippen molar-refractivity contribution in [3.8, 4) is 11.4 Å². The minimum absolute atomic E-state index is 0.0542. The zero-order chi connectivity index (χ0) is 13.6. The van der Waals surface area contributed by atoms with Crippen LogP contribution < -0.4 is 11.3 Å². The Hall–Kier alpha value is -2.15. The molecule has 6 nitrogen and oxygen atoms in total. The number of hydrogen-bond acceptors (Lipinski definition) is 4. The molecule has 0 amide bonds. The molecule has 0 radical (unpaired) electrons. The third-order valence-electron chi connectivity index (χ3n) is 2.76. The highest BCUT2D eigenvalue weighted by Gasteiger charge is 2.12. The molecule has 0 spiro atoms. The number of aromatic amines is 2. The molecule has 3 aromatic rings. The van der Waals surface area contributed by atoms with E-state index < -0.39 is 0 Å². The molecule has 2 heterocycles. The van der Waals surface area contributed by atoms with Gasteiger partial charge in [0.15, 0.2) is 11.2 Å². The lowest BCUT2D eigenvalue weighted by atomic mass is 10.1. The van der Waals surface area contributed by atoms with Crippen LogP contribution in [0.25, 0.3) is 22.6 Å². The first-order chi connectivity index (χ1) is 9.04. The summed E-state index contributed by atoms with van der Waals surface area (Å²) in [5, 5.41) is 0. The van der Waals surface area contributed by atoms with Crippen molar-refractivity contribution in [2.75, 3.05) is 5.73 Å². The number of aryl methyl sites for hydroxylation is 1. The molecular formula is C12H10BrN5O. The van der Waals surface area contributed by atoms with Crippen LogP contribution in [0.4, 0.5) is 5.95 Å². The number of hydrogen-bond donors (Lipinski definition) is 3. The molecule has 3 rings (SSSR count). The van der Waals surface area contributed by atoms with Crippen LogP contribution in [0, 0.1) is 6.92 Å². The van der Waals surface area contributed by atoms with E-state index in [-0.39, 0.29) is 11.5 Å². The Balaban J connectivity index is 2.26. The summed E-state index contributed by atoms with van der Waals surface area (Å²) < 4.78 is 0.899. The summed E-state index contributed by atoms with van der Waals surface area (Å²) in [5.41, 5.74) is 7.78. The van der Waals surface area contributed by atoms with Crippen LogP contribution >= 0.6 is 15.9 Å². The molecule has 0 saturated carbocycles. The van der Waals surface area contributed by atoms with Crippen molar-refractivity contribution in [3.05, 3.63) is 38.6 Å². The highest BCUT2D eigenvalue weighted by atomic mass is 79.9. The van der Waals surface area contributed by atoms with Gasteiger partial charge in [0, 0.05) is 10.0 Å². The van der Waals surface area contributed by atoms with Gasteiger partial charge in [-0.05, 0) is 24.6 Å².